The third-order valence-corrected chi connectivity index (χ3v) is 9.36. The van der Waals surface area contributed by atoms with Crippen LogP contribution in [0, 0.1) is 11.8 Å². The van der Waals surface area contributed by atoms with Crippen molar-refractivity contribution in [3.05, 3.63) is 71.6 Å². The van der Waals surface area contributed by atoms with Crippen molar-refractivity contribution in [2.75, 3.05) is 0 Å². The second kappa shape index (κ2) is 7.77. The Hall–Kier alpha value is -1.27. The molecule has 0 unspecified atom stereocenters. The fourth-order valence-electron chi connectivity index (χ4n) is 4.20. The SMILES string of the molecule is CC(C)(C)O[C@@H]1[C@H]2C=C(S(=O)(=O)c3ccccc3)[C@@H]1[C@H](Sc1ccccc1)[C@H]2Cl. The summed E-state index contributed by atoms with van der Waals surface area (Å²) < 4.78 is 33.3. The lowest BCUT2D eigenvalue weighted by molar-refractivity contribution is -0.0753. The van der Waals surface area contributed by atoms with Crippen LogP contribution >= 0.6 is 23.4 Å². The summed E-state index contributed by atoms with van der Waals surface area (Å²) in [7, 11) is -3.60. The lowest BCUT2D eigenvalue weighted by Gasteiger charge is -2.30. The third-order valence-electron chi connectivity index (χ3n) is 5.32. The summed E-state index contributed by atoms with van der Waals surface area (Å²) in [4.78, 5) is 1.86. The number of ether oxygens (including phenoxy) is 1. The summed E-state index contributed by atoms with van der Waals surface area (Å²) in [6.45, 7) is 6.00. The second-order valence-corrected chi connectivity index (χ2v) is 12.2. The van der Waals surface area contributed by atoms with Crippen LogP contribution in [0.5, 0.6) is 0 Å². The van der Waals surface area contributed by atoms with Crippen LogP contribution in [0.25, 0.3) is 0 Å². The van der Waals surface area contributed by atoms with Gasteiger partial charge in [0.15, 0.2) is 0 Å². The van der Waals surface area contributed by atoms with E-state index in [1.807, 2.05) is 63.2 Å². The van der Waals surface area contributed by atoms with Crippen molar-refractivity contribution in [3.63, 3.8) is 0 Å². The topological polar surface area (TPSA) is 43.4 Å². The first-order valence-corrected chi connectivity index (χ1v) is 12.5. The number of hydrogen-bond acceptors (Lipinski definition) is 4. The van der Waals surface area contributed by atoms with Crippen molar-refractivity contribution in [1.29, 1.82) is 0 Å². The highest BCUT2D eigenvalue weighted by atomic mass is 35.5. The van der Waals surface area contributed by atoms with E-state index in [1.165, 1.54) is 0 Å². The number of benzene rings is 2. The summed E-state index contributed by atoms with van der Waals surface area (Å²) in [6.07, 6.45) is 1.61. The van der Waals surface area contributed by atoms with E-state index in [9.17, 15) is 8.42 Å². The van der Waals surface area contributed by atoms with Crippen molar-refractivity contribution in [2.45, 2.75) is 52.9 Å². The van der Waals surface area contributed by atoms with E-state index in [0.717, 1.165) is 4.90 Å². The number of rotatable bonds is 5. The van der Waals surface area contributed by atoms with Gasteiger partial charge in [0.05, 0.1) is 26.9 Å². The van der Waals surface area contributed by atoms with E-state index in [2.05, 4.69) is 0 Å². The quantitative estimate of drug-likeness (QED) is 0.562. The molecule has 2 aliphatic rings. The highest BCUT2D eigenvalue weighted by Gasteiger charge is 2.59. The molecule has 0 amide bonds. The van der Waals surface area contributed by atoms with Gasteiger partial charge in [-0.3, -0.25) is 0 Å². The van der Waals surface area contributed by atoms with Gasteiger partial charge in [-0.25, -0.2) is 8.42 Å². The minimum Gasteiger partial charge on any atom is -0.371 e. The summed E-state index contributed by atoms with van der Waals surface area (Å²) in [5, 5.41) is -0.262. The lowest BCUT2D eigenvalue weighted by Crippen LogP contribution is -2.33. The molecule has 1 fully saturated rings. The summed E-state index contributed by atoms with van der Waals surface area (Å²) in [5.74, 6) is -0.410. The van der Waals surface area contributed by atoms with E-state index >= 15 is 0 Å². The van der Waals surface area contributed by atoms with Crippen molar-refractivity contribution in [1.82, 2.24) is 0 Å². The highest BCUT2D eigenvalue weighted by Crippen LogP contribution is 2.56. The zero-order valence-electron chi connectivity index (χ0n) is 16.7. The maximum Gasteiger partial charge on any atom is 0.202 e. The fourth-order valence-corrected chi connectivity index (χ4v) is 7.96. The van der Waals surface area contributed by atoms with Crippen LogP contribution in [-0.2, 0) is 14.6 Å². The summed E-state index contributed by atoms with van der Waals surface area (Å²) >= 11 is 8.52. The molecule has 0 saturated heterocycles. The van der Waals surface area contributed by atoms with E-state index < -0.39 is 9.84 Å². The third kappa shape index (κ3) is 4.02. The minimum absolute atomic E-state index is 0.0742. The van der Waals surface area contributed by atoms with E-state index in [0.29, 0.717) is 9.80 Å². The smallest absolute Gasteiger partial charge is 0.202 e. The Balaban J connectivity index is 1.73. The Bertz CT molecular complexity index is 997. The first-order chi connectivity index (χ1) is 13.7. The number of fused-ring (bicyclic) bond motifs is 2. The molecule has 154 valence electrons. The van der Waals surface area contributed by atoms with Crippen LogP contribution in [0.2, 0.25) is 0 Å². The monoisotopic (exact) mass is 448 g/mol. The molecular weight excluding hydrogens is 424 g/mol. The summed E-state index contributed by atoms with van der Waals surface area (Å²) in [5.41, 5.74) is -0.385. The molecule has 2 aromatic carbocycles. The number of thioether (sulfide) groups is 1. The molecule has 29 heavy (non-hydrogen) atoms. The molecule has 6 heteroatoms. The highest BCUT2D eigenvalue weighted by molar-refractivity contribution is 8.00. The second-order valence-electron chi connectivity index (χ2n) is 8.52. The van der Waals surface area contributed by atoms with Gasteiger partial charge in [-0.2, -0.15) is 0 Å². The van der Waals surface area contributed by atoms with Gasteiger partial charge in [-0.15, -0.1) is 23.4 Å². The first kappa shape index (κ1) is 21.0. The molecule has 3 nitrogen and oxygen atoms in total. The number of sulfone groups is 1. The average molecular weight is 449 g/mol. The Morgan fingerprint density at radius 1 is 0.966 bits per heavy atom. The first-order valence-electron chi connectivity index (χ1n) is 9.74. The maximum absolute atomic E-state index is 13.5. The van der Waals surface area contributed by atoms with Gasteiger partial charge in [0.2, 0.25) is 9.84 Å². The molecule has 2 aliphatic carbocycles. The molecular formula is C23H25ClO3S2. The van der Waals surface area contributed by atoms with Crippen LogP contribution in [0.1, 0.15) is 20.8 Å². The molecule has 0 aliphatic heterocycles. The van der Waals surface area contributed by atoms with Gasteiger partial charge in [-0.1, -0.05) is 42.5 Å². The fraction of sp³-hybridized carbons (Fsp3) is 0.391. The minimum atomic E-state index is -3.60. The molecule has 0 radical (unpaired) electrons. The van der Waals surface area contributed by atoms with Crippen molar-refractivity contribution in [2.24, 2.45) is 11.8 Å². The molecule has 4 rings (SSSR count). The van der Waals surface area contributed by atoms with Crippen LogP contribution < -0.4 is 0 Å². The van der Waals surface area contributed by atoms with E-state index in [-0.39, 0.29) is 34.2 Å². The van der Waals surface area contributed by atoms with E-state index in [4.69, 9.17) is 16.3 Å². The van der Waals surface area contributed by atoms with Crippen LogP contribution in [-0.4, -0.2) is 30.7 Å². The predicted octanol–water partition coefficient (Wildman–Crippen LogP) is 5.56. The van der Waals surface area contributed by atoms with Crippen LogP contribution in [0.4, 0.5) is 0 Å². The zero-order valence-corrected chi connectivity index (χ0v) is 19.0. The molecule has 0 aromatic heterocycles. The van der Waals surface area contributed by atoms with Crippen LogP contribution in [0.15, 0.2) is 81.4 Å². The number of alkyl halides is 1. The Morgan fingerprint density at radius 2 is 1.55 bits per heavy atom. The van der Waals surface area contributed by atoms with Gasteiger partial charge < -0.3 is 4.74 Å². The van der Waals surface area contributed by atoms with Gasteiger partial charge in [0, 0.05) is 22.0 Å². The van der Waals surface area contributed by atoms with E-state index in [1.54, 1.807) is 36.0 Å². The lowest BCUT2D eigenvalue weighted by atomic mass is 10.1. The van der Waals surface area contributed by atoms with Gasteiger partial charge >= 0.3 is 0 Å². The van der Waals surface area contributed by atoms with Crippen molar-refractivity contribution >= 4 is 33.2 Å². The standard InChI is InChI=1S/C23H25ClO3S2/c1-23(2,3)27-21-17-14-18(29(25,26)16-12-8-5-9-13-16)19(21)22(20(17)24)28-15-10-6-4-7-11-15/h4-14,17,19-22H,1-3H3/t17-,19-,20-,21+,22-/m0/s1. The molecule has 0 heterocycles. The van der Waals surface area contributed by atoms with Gasteiger partial charge in [-0.05, 0) is 45.0 Å². The Morgan fingerprint density at radius 3 is 2.14 bits per heavy atom. The number of hydrogen-bond donors (Lipinski definition) is 0. The largest absolute Gasteiger partial charge is 0.371 e. The normalized spacial score (nSPS) is 29.1. The molecule has 1 saturated carbocycles. The molecule has 2 aromatic rings. The summed E-state index contributed by atoms with van der Waals surface area (Å²) in [6, 6.07) is 18.7. The van der Waals surface area contributed by atoms with Crippen molar-refractivity contribution < 1.29 is 13.2 Å². The Kier molecular flexibility index (Phi) is 5.62. The zero-order chi connectivity index (χ0) is 20.8. The predicted molar refractivity (Wildman–Crippen MR) is 119 cm³/mol. The van der Waals surface area contributed by atoms with Gasteiger partial charge in [0.1, 0.15) is 0 Å². The molecule has 0 spiro atoms. The van der Waals surface area contributed by atoms with Crippen molar-refractivity contribution in [3.8, 4) is 0 Å². The molecule has 2 bridgehead atoms. The van der Waals surface area contributed by atoms with Gasteiger partial charge in [0.25, 0.3) is 0 Å². The number of halogens is 1. The Labute approximate surface area is 182 Å². The average Bonchev–Trinajstić information content (AvgIpc) is 3.15. The van der Waals surface area contributed by atoms with Crippen LogP contribution in [0.3, 0.4) is 0 Å². The molecule has 5 atom stereocenters. The molecule has 0 N–H and O–H groups in total. The maximum atomic E-state index is 13.5.